The molecule has 2 aliphatic heterocycles. The first-order chi connectivity index (χ1) is 17.1. The number of fused-ring (bicyclic) bond motifs is 2. The fraction of sp³-hybridized carbons (Fsp3) is 0.586. The Morgan fingerprint density at radius 2 is 0.914 bits per heavy atom. The third-order valence-electron chi connectivity index (χ3n) is 6.24. The lowest BCUT2D eigenvalue weighted by Gasteiger charge is -2.40. The van der Waals surface area contributed by atoms with E-state index in [-0.39, 0.29) is 4.08 Å². The zero-order valence-electron chi connectivity index (χ0n) is 21.7. The Bertz CT molecular complexity index is 912. The molecule has 0 amide bonds. The summed E-state index contributed by atoms with van der Waals surface area (Å²) in [7, 11) is 0. The first kappa shape index (κ1) is 26.4. The molecular formula is C29H40O4S2. The molecule has 0 atom stereocenters. The molecule has 0 saturated heterocycles. The summed E-state index contributed by atoms with van der Waals surface area (Å²) in [6.07, 6.45) is 8.39. The molecule has 0 aromatic heterocycles. The van der Waals surface area contributed by atoms with Crippen molar-refractivity contribution in [2.75, 3.05) is 26.4 Å². The van der Waals surface area contributed by atoms with Crippen molar-refractivity contribution in [1.82, 2.24) is 0 Å². The van der Waals surface area contributed by atoms with Gasteiger partial charge in [-0.3, -0.25) is 0 Å². The number of thioether (sulfide) groups is 2. The zero-order valence-corrected chi connectivity index (χ0v) is 23.4. The van der Waals surface area contributed by atoms with Gasteiger partial charge in [-0.05, 0) is 86.8 Å². The van der Waals surface area contributed by atoms with Crippen LogP contribution >= 0.6 is 23.5 Å². The Kier molecular flexibility index (Phi) is 9.46. The number of hydrogen-bond acceptors (Lipinski definition) is 6. The van der Waals surface area contributed by atoms with Crippen LogP contribution in [0.3, 0.4) is 0 Å². The van der Waals surface area contributed by atoms with Gasteiger partial charge in [0.15, 0.2) is 23.0 Å². The van der Waals surface area contributed by atoms with E-state index in [0.717, 1.165) is 87.6 Å². The van der Waals surface area contributed by atoms with E-state index in [4.69, 9.17) is 18.9 Å². The van der Waals surface area contributed by atoms with Crippen LogP contribution in [-0.2, 0) is 12.8 Å². The van der Waals surface area contributed by atoms with Crippen LogP contribution < -0.4 is 18.9 Å². The van der Waals surface area contributed by atoms with Gasteiger partial charge in [-0.25, -0.2) is 0 Å². The molecular weight excluding hydrogens is 476 g/mol. The van der Waals surface area contributed by atoms with Gasteiger partial charge in [-0.1, -0.05) is 27.7 Å². The molecule has 0 saturated carbocycles. The van der Waals surface area contributed by atoms with Gasteiger partial charge in [-0.2, -0.15) is 0 Å². The minimum atomic E-state index is 0.141. The third-order valence-corrected chi connectivity index (χ3v) is 9.50. The zero-order chi connectivity index (χ0) is 24.7. The fourth-order valence-corrected chi connectivity index (χ4v) is 7.69. The number of rotatable bonds is 12. The summed E-state index contributed by atoms with van der Waals surface area (Å²) in [5.41, 5.74) is 2.77. The molecule has 35 heavy (non-hydrogen) atoms. The second kappa shape index (κ2) is 12.5. The average Bonchev–Trinajstić information content (AvgIpc) is 2.88. The molecule has 192 valence electrons. The SMILES string of the molecule is CCCOc1cc2c(cc1OCCC)SC1(CC2)CCc2cc(OCCC)c(OCCC)cc2S1. The molecule has 0 bridgehead atoms. The monoisotopic (exact) mass is 516 g/mol. The number of benzene rings is 2. The van der Waals surface area contributed by atoms with Crippen molar-refractivity contribution in [3.05, 3.63) is 35.4 Å². The summed E-state index contributed by atoms with van der Waals surface area (Å²) in [6, 6.07) is 8.92. The van der Waals surface area contributed by atoms with E-state index in [1.165, 1.54) is 20.9 Å². The van der Waals surface area contributed by atoms with E-state index < -0.39 is 0 Å². The second-order valence-electron chi connectivity index (χ2n) is 9.32. The van der Waals surface area contributed by atoms with Crippen LogP contribution in [-0.4, -0.2) is 30.5 Å². The highest BCUT2D eigenvalue weighted by Crippen LogP contribution is 2.59. The molecule has 4 rings (SSSR count). The summed E-state index contributed by atoms with van der Waals surface area (Å²) in [6.45, 7) is 11.4. The van der Waals surface area contributed by atoms with Gasteiger partial charge in [0.1, 0.15) is 0 Å². The van der Waals surface area contributed by atoms with E-state index in [2.05, 4.69) is 52.0 Å². The quantitative estimate of drug-likeness (QED) is 0.282. The maximum absolute atomic E-state index is 6.10. The highest BCUT2D eigenvalue weighted by molar-refractivity contribution is 8.18. The van der Waals surface area contributed by atoms with E-state index in [1.54, 1.807) is 0 Å². The molecule has 2 aromatic rings. The van der Waals surface area contributed by atoms with Crippen LogP contribution in [0.2, 0.25) is 0 Å². The standard InChI is InChI=1S/C29H40O4S2/c1-5-13-30-23-17-21-9-11-29(34-27(21)19-25(23)32-15-7-3)12-10-22-18-24(31-14-6-2)26(33-16-8-4)20-28(22)35-29/h17-20H,5-16H2,1-4H3. The summed E-state index contributed by atoms with van der Waals surface area (Å²) in [4.78, 5) is 2.68. The molecule has 2 heterocycles. The molecule has 2 aliphatic rings. The highest BCUT2D eigenvalue weighted by Gasteiger charge is 2.40. The van der Waals surface area contributed by atoms with Gasteiger partial charge in [0.25, 0.3) is 0 Å². The lowest BCUT2D eigenvalue weighted by atomic mass is 10.00. The van der Waals surface area contributed by atoms with Crippen molar-refractivity contribution < 1.29 is 18.9 Å². The Morgan fingerprint density at radius 1 is 0.571 bits per heavy atom. The van der Waals surface area contributed by atoms with Gasteiger partial charge < -0.3 is 18.9 Å². The Balaban J connectivity index is 1.58. The predicted molar refractivity (Wildman–Crippen MR) is 147 cm³/mol. The van der Waals surface area contributed by atoms with Crippen molar-refractivity contribution in [1.29, 1.82) is 0 Å². The first-order valence-corrected chi connectivity index (χ1v) is 15.0. The maximum atomic E-state index is 6.10. The molecule has 0 radical (unpaired) electrons. The van der Waals surface area contributed by atoms with Crippen LogP contribution in [0, 0.1) is 0 Å². The lowest BCUT2D eigenvalue weighted by molar-refractivity contribution is 0.267. The van der Waals surface area contributed by atoms with E-state index in [9.17, 15) is 0 Å². The normalized spacial score (nSPS) is 15.9. The smallest absolute Gasteiger partial charge is 0.162 e. The predicted octanol–water partition coefficient (Wildman–Crippen LogP) is 8.31. The van der Waals surface area contributed by atoms with Gasteiger partial charge in [-0.15, -0.1) is 23.5 Å². The maximum Gasteiger partial charge on any atom is 0.162 e. The molecule has 0 aliphatic carbocycles. The fourth-order valence-electron chi connectivity index (χ4n) is 4.45. The van der Waals surface area contributed by atoms with Crippen molar-refractivity contribution in [2.24, 2.45) is 0 Å². The van der Waals surface area contributed by atoms with Gasteiger partial charge in [0, 0.05) is 9.79 Å². The van der Waals surface area contributed by atoms with Crippen LogP contribution in [0.4, 0.5) is 0 Å². The summed E-state index contributed by atoms with van der Waals surface area (Å²) in [5, 5.41) is 0. The van der Waals surface area contributed by atoms with Crippen molar-refractivity contribution in [3.8, 4) is 23.0 Å². The molecule has 6 heteroatoms. The molecule has 1 spiro atoms. The minimum Gasteiger partial charge on any atom is -0.490 e. The molecule has 0 N–H and O–H groups in total. The Hall–Kier alpha value is -1.66. The van der Waals surface area contributed by atoms with Crippen LogP contribution in [0.15, 0.2) is 34.1 Å². The van der Waals surface area contributed by atoms with Crippen LogP contribution in [0.1, 0.15) is 77.3 Å². The summed E-state index contributed by atoms with van der Waals surface area (Å²) < 4.78 is 24.5. The van der Waals surface area contributed by atoms with Crippen molar-refractivity contribution in [3.63, 3.8) is 0 Å². The Morgan fingerprint density at radius 3 is 1.26 bits per heavy atom. The lowest BCUT2D eigenvalue weighted by Crippen LogP contribution is -2.28. The first-order valence-electron chi connectivity index (χ1n) is 13.3. The molecule has 2 aromatic carbocycles. The topological polar surface area (TPSA) is 36.9 Å². The largest absolute Gasteiger partial charge is 0.490 e. The Labute approximate surface area is 219 Å². The number of ether oxygens (including phenoxy) is 4. The molecule has 0 unspecified atom stereocenters. The van der Waals surface area contributed by atoms with Gasteiger partial charge >= 0.3 is 0 Å². The minimum absolute atomic E-state index is 0.141. The van der Waals surface area contributed by atoms with Gasteiger partial charge in [0.2, 0.25) is 0 Å². The highest BCUT2D eigenvalue weighted by atomic mass is 32.2. The van der Waals surface area contributed by atoms with E-state index in [0.29, 0.717) is 13.2 Å². The van der Waals surface area contributed by atoms with Crippen molar-refractivity contribution in [2.45, 2.75) is 92.9 Å². The van der Waals surface area contributed by atoms with E-state index >= 15 is 0 Å². The summed E-state index contributed by atoms with van der Waals surface area (Å²) >= 11 is 4.04. The summed E-state index contributed by atoms with van der Waals surface area (Å²) in [5.74, 6) is 3.57. The third kappa shape index (κ3) is 6.37. The second-order valence-corrected chi connectivity index (χ2v) is 12.4. The van der Waals surface area contributed by atoms with Crippen LogP contribution in [0.5, 0.6) is 23.0 Å². The molecule has 0 fully saturated rings. The number of hydrogen-bond donors (Lipinski definition) is 0. The molecule has 4 nitrogen and oxygen atoms in total. The average molecular weight is 517 g/mol. The van der Waals surface area contributed by atoms with E-state index in [1.807, 2.05) is 23.5 Å². The van der Waals surface area contributed by atoms with Gasteiger partial charge in [0.05, 0.1) is 30.5 Å². The van der Waals surface area contributed by atoms with Crippen molar-refractivity contribution >= 4 is 23.5 Å². The van der Waals surface area contributed by atoms with Crippen LogP contribution in [0.25, 0.3) is 0 Å². The number of aryl methyl sites for hydroxylation is 2.